The van der Waals surface area contributed by atoms with E-state index in [9.17, 15) is 5.11 Å². The lowest BCUT2D eigenvalue weighted by Gasteiger charge is -2.33. The molecule has 0 radical (unpaired) electrons. The van der Waals surface area contributed by atoms with Gasteiger partial charge < -0.3 is 14.2 Å². The maximum absolute atomic E-state index is 11.4. The lowest BCUT2D eigenvalue weighted by Crippen LogP contribution is -2.22. The largest absolute Gasteiger partial charge is 0.497 e. The molecule has 1 N–H and O–H groups in total. The molecule has 2 saturated carbocycles. The zero-order valence-electron chi connectivity index (χ0n) is 16.7. The van der Waals surface area contributed by atoms with Crippen LogP contribution in [0.5, 0.6) is 5.75 Å². The quantitative estimate of drug-likeness (QED) is 0.571. The minimum atomic E-state index is -0.448. The van der Waals surface area contributed by atoms with Gasteiger partial charge in [0.05, 0.1) is 36.9 Å². The van der Waals surface area contributed by atoms with E-state index in [-0.39, 0.29) is 5.92 Å². The third kappa shape index (κ3) is 3.53. The van der Waals surface area contributed by atoms with Gasteiger partial charge in [0.2, 0.25) is 0 Å². The Balaban J connectivity index is 1.36. The molecule has 1 aromatic carbocycles. The summed E-state index contributed by atoms with van der Waals surface area (Å²) in [7, 11) is 1.66. The van der Waals surface area contributed by atoms with Crippen LogP contribution in [0.4, 0.5) is 0 Å². The summed E-state index contributed by atoms with van der Waals surface area (Å²) < 4.78 is 7.38. The van der Waals surface area contributed by atoms with Gasteiger partial charge in [0.15, 0.2) is 0 Å². The summed E-state index contributed by atoms with van der Waals surface area (Å²) in [4.78, 5) is 4.31. The summed E-state index contributed by atoms with van der Waals surface area (Å²) in [5.41, 5.74) is 4.63. The van der Waals surface area contributed by atoms with Gasteiger partial charge in [-0.25, -0.2) is 4.98 Å². The number of hydrogen-bond donors (Lipinski definition) is 1. The molecule has 2 aromatic heterocycles. The number of imidazole rings is 1. The van der Waals surface area contributed by atoms with Crippen molar-refractivity contribution in [3.8, 4) is 5.75 Å². The molecule has 0 amide bonds. The average molecular weight is 411 g/mol. The highest BCUT2D eigenvalue weighted by Crippen LogP contribution is 2.47. The summed E-state index contributed by atoms with van der Waals surface area (Å²) in [5.74, 6) is 2.11. The van der Waals surface area contributed by atoms with Gasteiger partial charge in [0, 0.05) is 5.02 Å². The Kier molecular flexibility index (Phi) is 5.00. The molecule has 2 heterocycles. The second-order valence-electron chi connectivity index (χ2n) is 8.58. The van der Waals surface area contributed by atoms with Crippen LogP contribution in [0, 0.1) is 5.92 Å². The first-order chi connectivity index (χ1) is 14.2. The van der Waals surface area contributed by atoms with Gasteiger partial charge in [0.25, 0.3) is 0 Å². The Morgan fingerprint density at radius 3 is 2.41 bits per heavy atom. The third-order valence-corrected chi connectivity index (χ3v) is 7.15. The summed E-state index contributed by atoms with van der Waals surface area (Å²) >= 11 is 6.51. The van der Waals surface area contributed by atoms with Crippen molar-refractivity contribution in [3.05, 3.63) is 64.7 Å². The maximum Gasteiger partial charge on any atom is 0.120 e. The normalized spacial score (nSPS) is 23.3. The van der Waals surface area contributed by atoms with Gasteiger partial charge >= 0.3 is 0 Å². The highest BCUT2D eigenvalue weighted by atomic mass is 35.5. The molecule has 5 rings (SSSR count). The first kappa shape index (κ1) is 19.0. The van der Waals surface area contributed by atoms with Crippen LogP contribution >= 0.6 is 11.6 Å². The van der Waals surface area contributed by atoms with Gasteiger partial charge in [-0.15, -0.1) is 0 Å². The maximum atomic E-state index is 11.4. The molecule has 3 aromatic rings. The minimum absolute atomic E-state index is 0.272. The molecule has 0 unspecified atom stereocenters. The van der Waals surface area contributed by atoms with Crippen LogP contribution in [-0.4, -0.2) is 21.6 Å². The van der Waals surface area contributed by atoms with Crippen LogP contribution in [0.1, 0.15) is 73.3 Å². The predicted molar refractivity (Wildman–Crippen MR) is 115 cm³/mol. The second-order valence-corrected chi connectivity index (χ2v) is 8.99. The van der Waals surface area contributed by atoms with Crippen LogP contribution in [0.2, 0.25) is 5.02 Å². The molecule has 1 atom stereocenters. The lowest BCUT2D eigenvalue weighted by atomic mass is 9.75. The van der Waals surface area contributed by atoms with Crippen molar-refractivity contribution >= 4 is 17.1 Å². The topological polar surface area (TPSA) is 46.8 Å². The summed E-state index contributed by atoms with van der Waals surface area (Å²) in [6.45, 7) is 0. The highest BCUT2D eigenvalue weighted by molar-refractivity contribution is 6.31. The molecule has 5 heteroatoms. The van der Waals surface area contributed by atoms with Crippen LogP contribution < -0.4 is 4.74 Å². The van der Waals surface area contributed by atoms with E-state index < -0.39 is 6.10 Å². The number of halogens is 1. The van der Waals surface area contributed by atoms with E-state index in [0.29, 0.717) is 11.8 Å². The Bertz CT molecular complexity index is 1020. The fraction of sp³-hybridized carbons (Fsp3) is 0.458. The van der Waals surface area contributed by atoms with Crippen molar-refractivity contribution < 1.29 is 9.84 Å². The fourth-order valence-corrected chi connectivity index (χ4v) is 5.34. The SMILES string of the molecule is COc1ccc(C2CCC([C@H](O)c3c(C4CC4)ccc4cncn34)CC2)c(Cl)c1. The standard InChI is InChI=1S/C24H27ClN2O2/c1-29-19-9-11-20(22(25)12-19)15-4-6-17(7-5-15)24(28)23-21(16-2-3-16)10-8-18-13-26-14-27(18)23/h8-17,24,28H,2-7H2,1H3/t15?,17?,24-/m0/s1. The Morgan fingerprint density at radius 2 is 1.72 bits per heavy atom. The van der Waals surface area contributed by atoms with Crippen molar-refractivity contribution in [2.45, 2.75) is 56.5 Å². The molecule has 2 aliphatic carbocycles. The number of rotatable bonds is 5. The average Bonchev–Trinajstić information content (AvgIpc) is 3.49. The smallest absolute Gasteiger partial charge is 0.120 e. The van der Waals surface area contributed by atoms with E-state index in [0.717, 1.165) is 47.7 Å². The number of aliphatic hydroxyl groups is 1. The molecular formula is C24H27ClN2O2. The first-order valence-electron chi connectivity index (χ1n) is 10.6. The van der Waals surface area contributed by atoms with Crippen molar-refractivity contribution in [2.75, 3.05) is 7.11 Å². The summed E-state index contributed by atoms with van der Waals surface area (Å²) in [5, 5.41) is 12.2. The highest BCUT2D eigenvalue weighted by Gasteiger charge is 2.34. The van der Waals surface area contributed by atoms with Crippen molar-refractivity contribution in [2.24, 2.45) is 5.92 Å². The third-order valence-electron chi connectivity index (χ3n) is 6.82. The van der Waals surface area contributed by atoms with E-state index in [4.69, 9.17) is 16.3 Å². The molecule has 0 saturated heterocycles. The Labute approximate surface area is 176 Å². The predicted octanol–water partition coefficient (Wildman–Crippen LogP) is 5.88. The van der Waals surface area contributed by atoms with Crippen LogP contribution in [0.25, 0.3) is 5.52 Å². The van der Waals surface area contributed by atoms with Gasteiger partial charge in [0.1, 0.15) is 5.75 Å². The number of methoxy groups -OCH3 is 1. The van der Waals surface area contributed by atoms with Crippen molar-refractivity contribution in [3.63, 3.8) is 0 Å². The summed E-state index contributed by atoms with van der Waals surface area (Å²) in [6.07, 6.45) is 9.82. The second kappa shape index (κ2) is 7.66. The molecule has 4 nitrogen and oxygen atoms in total. The first-order valence-corrected chi connectivity index (χ1v) is 11.0. The van der Waals surface area contributed by atoms with E-state index in [1.54, 1.807) is 7.11 Å². The number of nitrogens with zero attached hydrogens (tertiary/aromatic N) is 2. The number of aromatic nitrogens is 2. The zero-order chi connectivity index (χ0) is 20.0. The molecule has 0 aliphatic heterocycles. The minimum Gasteiger partial charge on any atom is -0.497 e. The number of benzene rings is 1. The van der Waals surface area contributed by atoms with E-state index >= 15 is 0 Å². The van der Waals surface area contributed by atoms with Crippen LogP contribution in [0.3, 0.4) is 0 Å². The molecule has 0 bridgehead atoms. The number of pyridine rings is 1. The number of ether oxygens (including phenoxy) is 1. The zero-order valence-corrected chi connectivity index (χ0v) is 17.5. The van der Waals surface area contributed by atoms with E-state index in [2.05, 4.69) is 27.6 Å². The molecular weight excluding hydrogens is 384 g/mol. The van der Waals surface area contributed by atoms with Crippen molar-refractivity contribution in [1.29, 1.82) is 0 Å². The van der Waals surface area contributed by atoms with E-state index in [1.807, 2.05) is 24.7 Å². The van der Waals surface area contributed by atoms with Gasteiger partial charge in [-0.2, -0.15) is 0 Å². The monoisotopic (exact) mass is 410 g/mol. The molecule has 2 fully saturated rings. The molecule has 152 valence electrons. The van der Waals surface area contributed by atoms with Gasteiger partial charge in [-0.05, 0) is 85.6 Å². The fourth-order valence-electron chi connectivity index (χ4n) is 5.02. The van der Waals surface area contributed by atoms with Crippen molar-refractivity contribution in [1.82, 2.24) is 9.38 Å². The van der Waals surface area contributed by atoms with Crippen LogP contribution in [-0.2, 0) is 0 Å². The Hall–Kier alpha value is -2.04. The molecule has 29 heavy (non-hydrogen) atoms. The number of aliphatic hydroxyl groups excluding tert-OH is 1. The summed E-state index contributed by atoms with van der Waals surface area (Å²) in [6, 6.07) is 10.3. The Morgan fingerprint density at radius 1 is 1.03 bits per heavy atom. The number of hydrogen-bond acceptors (Lipinski definition) is 3. The number of fused-ring (bicyclic) bond motifs is 1. The molecule has 0 spiro atoms. The van der Waals surface area contributed by atoms with E-state index in [1.165, 1.54) is 24.0 Å². The van der Waals surface area contributed by atoms with Crippen LogP contribution in [0.15, 0.2) is 42.9 Å². The lowest BCUT2D eigenvalue weighted by molar-refractivity contribution is 0.0754. The molecule has 2 aliphatic rings. The van der Waals surface area contributed by atoms with Gasteiger partial charge in [-0.1, -0.05) is 23.7 Å². The van der Waals surface area contributed by atoms with Gasteiger partial charge in [-0.3, -0.25) is 0 Å².